The van der Waals surface area contributed by atoms with E-state index >= 15 is 0 Å². The van der Waals surface area contributed by atoms with Crippen LogP contribution in [0.2, 0.25) is 0 Å². The molecule has 3 fully saturated rings. The van der Waals surface area contributed by atoms with E-state index in [1.54, 1.807) is 6.08 Å². The van der Waals surface area contributed by atoms with E-state index < -0.39 is 15.6 Å². The van der Waals surface area contributed by atoms with Crippen LogP contribution < -0.4 is 0 Å². The Balaban J connectivity index is 1.81. The summed E-state index contributed by atoms with van der Waals surface area (Å²) in [5.41, 5.74) is 3.24. The summed E-state index contributed by atoms with van der Waals surface area (Å²) in [5, 5.41) is 0. The molecule has 3 saturated carbocycles. The summed E-state index contributed by atoms with van der Waals surface area (Å²) in [5.74, 6) is 1.63. The monoisotopic (exact) mass is 450 g/mol. The highest BCUT2D eigenvalue weighted by Gasteiger charge is 2.63. The predicted molar refractivity (Wildman–Crippen MR) is 113 cm³/mol. The highest BCUT2D eigenvalue weighted by molar-refractivity contribution is 7.60. The van der Waals surface area contributed by atoms with Gasteiger partial charge in [0.2, 0.25) is 0 Å². The molecule has 0 saturated heterocycles. The van der Waals surface area contributed by atoms with Gasteiger partial charge in [-0.05, 0) is 75.0 Å². The summed E-state index contributed by atoms with van der Waals surface area (Å²) >= 11 is 0. The molecule has 0 heterocycles. The van der Waals surface area contributed by atoms with E-state index in [1.165, 1.54) is 24.8 Å². The van der Waals surface area contributed by atoms with Crippen molar-refractivity contribution in [3.63, 3.8) is 0 Å². The quantitative estimate of drug-likeness (QED) is 0.287. The van der Waals surface area contributed by atoms with Crippen LogP contribution in [0.4, 0.5) is 0 Å². The lowest BCUT2D eigenvalue weighted by Crippen LogP contribution is -2.61. The normalized spacial score (nSPS) is 31.9. The van der Waals surface area contributed by atoms with Gasteiger partial charge in [0.05, 0.1) is 6.61 Å². The van der Waals surface area contributed by atoms with Gasteiger partial charge >= 0.3 is 15.6 Å². The van der Waals surface area contributed by atoms with Crippen molar-refractivity contribution >= 4 is 15.6 Å². The van der Waals surface area contributed by atoms with Gasteiger partial charge in [-0.3, -0.25) is 4.52 Å². The highest BCUT2D eigenvalue weighted by atomic mass is 31.3. The minimum absolute atomic E-state index is 0.251. The first-order chi connectivity index (χ1) is 13.2. The Labute approximate surface area is 174 Å². The van der Waals surface area contributed by atoms with Crippen LogP contribution in [0.5, 0.6) is 0 Å². The summed E-state index contributed by atoms with van der Waals surface area (Å²) in [7, 11) is -9.85. The Bertz CT molecular complexity index is 752. The first-order valence-electron chi connectivity index (χ1n) is 10.2. The van der Waals surface area contributed by atoms with E-state index in [0.29, 0.717) is 10.8 Å². The van der Waals surface area contributed by atoms with E-state index in [2.05, 4.69) is 42.6 Å². The van der Waals surface area contributed by atoms with Crippen LogP contribution in [0.3, 0.4) is 0 Å². The number of phosphoric acid groups is 2. The Kier molecular flexibility index (Phi) is 7.83. The fourth-order valence-corrected chi connectivity index (χ4v) is 6.91. The summed E-state index contributed by atoms with van der Waals surface area (Å²) in [6.45, 7) is 11.1. The number of allylic oxidation sites excluding steroid dienone is 3. The van der Waals surface area contributed by atoms with Crippen molar-refractivity contribution in [1.29, 1.82) is 0 Å². The lowest BCUT2D eigenvalue weighted by Gasteiger charge is -2.69. The number of hydrogen-bond acceptors (Lipinski definition) is 4. The third kappa shape index (κ3) is 6.13. The average molecular weight is 450 g/mol. The molecular weight excluding hydrogens is 414 g/mol. The summed E-state index contributed by atoms with van der Waals surface area (Å²) in [6.07, 6.45) is 10.8. The lowest BCUT2D eigenvalue weighted by atomic mass is 9.36. The van der Waals surface area contributed by atoms with E-state index in [1.807, 2.05) is 6.92 Å². The Morgan fingerprint density at radius 2 is 1.76 bits per heavy atom. The zero-order valence-electron chi connectivity index (χ0n) is 18.1. The highest BCUT2D eigenvalue weighted by Crippen LogP contribution is 2.71. The lowest BCUT2D eigenvalue weighted by molar-refractivity contribution is -0.193. The minimum Gasteiger partial charge on any atom is -0.302 e. The zero-order valence-corrected chi connectivity index (χ0v) is 19.9. The van der Waals surface area contributed by atoms with Crippen molar-refractivity contribution in [1.82, 2.24) is 0 Å². The van der Waals surface area contributed by atoms with Gasteiger partial charge in [0.1, 0.15) is 0 Å². The number of hydrogen-bond donors (Lipinski definition) is 3. The molecule has 7 nitrogen and oxygen atoms in total. The van der Waals surface area contributed by atoms with Crippen molar-refractivity contribution in [3.05, 3.63) is 23.3 Å². The van der Waals surface area contributed by atoms with Crippen LogP contribution in [0, 0.1) is 22.7 Å². The van der Waals surface area contributed by atoms with Crippen molar-refractivity contribution in [2.24, 2.45) is 22.7 Å². The van der Waals surface area contributed by atoms with Crippen molar-refractivity contribution in [3.8, 4) is 0 Å². The van der Waals surface area contributed by atoms with Crippen molar-refractivity contribution in [2.75, 3.05) is 6.61 Å². The molecule has 0 aliphatic heterocycles. The van der Waals surface area contributed by atoms with E-state index in [9.17, 15) is 14.0 Å². The molecule has 0 aromatic carbocycles. The molecule has 3 aliphatic rings. The van der Waals surface area contributed by atoms with Gasteiger partial charge in [0.25, 0.3) is 0 Å². The minimum atomic E-state index is -5.08. The predicted octanol–water partition coefficient (Wildman–Crippen LogP) is 5.74. The molecule has 4 unspecified atom stereocenters. The van der Waals surface area contributed by atoms with E-state index in [-0.39, 0.29) is 6.61 Å². The molecule has 9 heteroatoms. The molecule has 4 atom stereocenters. The third-order valence-electron chi connectivity index (χ3n) is 7.31. The number of fused-ring (bicyclic) bond motifs is 2. The van der Waals surface area contributed by atoms with Gasteiger partial charge in [-0.25, -0.2) is 9.13 Å². The average Bonchev–Trinajstić information content (AvgIpc) is 2.53. The molecule has 3 rings (SSSR count). The molecule has 29 heavy (non-hydrogen) atoms. The molecule has 3 N–H and O–H groups in total. The maximum absolute atomic E-state index is 11.4. The Morgan fingerprint density at radius 3 is 2.31 bits per heavy atom. The van der Waals surface area contributed by atoms with Crippen LogP contribution in [0.15, 0.2) is 23.3 Å². The van der Waals surface area contributed by atoms with Gasteiger partial charge in [-0.15, -0.1) is 0 Å². The van der Waals surface area contributed by atoms with Crippen LogP contribution >= 0.6 is 15.6 Å². The van der Waals surface area contributed by atoms with Gasteiger partial charge in [-0.1, -0.05) is 44.1 Å². The summed E-state index contributed by atoms with van der Waals surface area (Å²) < 4.78 is 30.3. The molecule has 0 radical (unpaired) electrons. The van der Waals surface area contributed by atoms with Gasteiger partial charge in [-0.2, -0.15) is 4.31 Å². The molecule has 2 bridgehead atoms. The van der Waals surface area contributed by atoms with Gasteiger partial charge in [0.15, 0.2) is 0 Å². The second kappa shape index (κ2) is 9.08. The fourth-order valence-electron chi connectivity index (χ4n) is 5.38. The molecular formula is C20H36O7P2. The van der Waals surface area contributed by atoms with Crippen molar-refractivity contribution < 1.29 is 32.6 Å². The van der Waals surface area contributed by atoms with E-state index in [4.69, 9.17) is 9.79 Å². The maximum Gasteiger partial charge on any atom is 0.481 e. The molecule has 0 aromatic heterocycles. The third-order valence-corrected chi connectivity index (χ3v) is 9.46. The largest absolute Gasteiger partial charge is 0.481 e. The maximum atomic E-state index is 11.4. The topological polar surface area (TPSA) is 113 Å². The van der Waals surface area contributed by atoms with Crippen LogP contribution in [-0.4, -0.2) is 21.3 Å². The first kappa shape index (κ1) is 25.0. The van der Waals surface area contributed by atoms with Crippen LogP contribution in [0.1, 0.15) is 73.1 Å². The molecule has 0 spiro atoms. The number of rotatable bonds is 10. The Hall–Kier alpha value is -0.260. The molecule has 0 aromatic rings. The smallest absolute Gasteiger partial charge is 0.302 e. The second-order valence-electron chi connectivity index (χ2n) is 9.41. The molecule has 168 valence electrons. The molecule has 3 aliphatic carbocycles. The summed E-state index contributed by atoms with van der Waals surface area (Å²) in [6, 6.07) is 0. The van der Waals surface area contributed by atoms with Gasteiger partial charge in [0, 0.05) is 0 Å². The van der Waals surface area contributed by atoms with E-state index in [0.717, 1.165) is 36.7 Å². The van der Waals surface area contributed by atoms with Crippen LogP contribution in [-0.2, 0) is 18.0 Å². The summed E-state index contributed by atoms with van der Waals surface area (Å²) in [4.78, 5) is 26.4. The SMILES string of the molecule is C/C(=C/CC/C(C)=C/COP(=O)(O)OP(=O)(O)O)CC12CC(CCC1C)C2(C)C. The second-order valence-corrected chi connectivity index (χ2v) is 12.2. The van der Waals surface area contributed by atoms with Crippen molar-refractivity contribution in [2.45, 2.75) is 73.1 Å². The fraction of sp³-hybridized carbons (Fsp3) is 0.800. The molecule has 0 amide bonds. The Morgan fingerprint density at radius 1 is 1.10 bits per heavy atom. The van der Waals surface area contributed by atoms with Crippen LogP contribution in [0.25, 0.3) is 0 Å². The van der Waals surface area contributed by atoms with Gasteiger partial charge < -0.3 is 14.7 Å². The zero-order chi connectivity index (χ0) is 22.1. The number of phosphoric ester groups is 1. The standard InChI is InChI=1S/C20H36O7P2/c1-15(11-12-26-29(24,25)27-28(21,22)23)7-6-8-16(2)13-20-14-18(19(20,4)5)10-9-17(20)3/h8,11,17-18H,6-7,9-10,12-14H2,1-5H3,(H,24,25)(H2,21,22,23)/b15-11+,16-8-. The first-order valence-corrected chi connectivity index (χ1v) is 13.3.